The molecular weight excluding hydrogens is 389 g/mol. The molecule has 0 aliphatic rings. The monoisotopic (exact) mass is 408 g/mol. The number of hydrogen-bond acceptors (Lipinski definition) is 4. The number of rotatable bonds is 6. The highest BCUT2D eigenvalue weighted by atomic mass is 35.5. The Bertz CT molecular complexity index is 1040. The molecule has 0 aliphatic heterocycles. The molecule has 0 spiro atoms. The molecule has 8 heteroatoms. The van der Waals surface area contributed by atoms with Crippen LogP contribution in [0, 0.1) is 0 Å². The number of H-pyrrole nitrogens is 1. The average molecular weight is 409 g/mol. The smallest absolute Gasteiger partial charge is 0.259 e. The summed E-state index contributed by atoms with van der Waals surface area (Å²) in [6, 6.07) is 8.91. The molecule has 1 heterocycles. The van der Waals surface area contributed by atoms with E-state index < -0.39 is 0 Å². The van der Waals surface area contributed by atoms with E-state index in [9.17, 15) is 4.79 Å². The molecule has 0 saturated heterocycles. The normalized spacial score (nSPS) is 12.2. The van der Waals surface area contributed by atoms with Gasteiger partial charge in [0.2, 0.25) is 0 Å². The Balaban J connectivity index is 1.85. The third-order valence-corrected chi connectivity index (χ3v) is 4.96. The van der Waals surface area contributed by atoms with Crippen LogP contribution in [0.25, 0.3) is 10.9 Å². The van der Waals surface area contributed by atoms with Crippen LogP contribution in [0.4, 0.5) is 0 Å². The van der Waals surface area contributed by atoms with Crippen molar-refractivity contribution in [3.63, 3.8) is 0 Å². The second-order valence-electron chi connectivity index (χ2n) is 6.30. The van der Waals surface area contributed by atoms with E-state index in [1.165, 1.54) is 7.11 Å². The van der Waals surface area contributed by atoms with Crippen molar-refractivity contribution >= 4 is 34.1 Å². The number of halogens is 2. The second-order valence-corrected chi connectivity index (χ2v) is 7.11. The maximum Gasteiger partial charge on any atom is 0.259 e. The van der Waals surface area contributed by atoms with Crippen LogP contribution in [0.2, 0.25) is 10.0 Å². The fourth-order valence-electron chi connectivity index (χ4n) is 2.94. The summed E-state index contributed by atoms with van der Waals surface area (Å²) in [5.41, 5.74) is 1.41. The van der Waals surface area contributed by atoms with E-state index in [-0.39, 0.29) is 5.56 Å². The molecule has 1 atom stereocenters. The topological polar surface area (TPSA) is 68.7 Å². The quantitative estimate of drug-likeness (QED) is 0.657. The van der Waals surface area contributed by atoms with Crippen LogP contribution in [-0.2, 0) is 13.1 Å². The van der Waals surface area contributed by atoms with Gasteiger partial charge in [0.05, 0.1) is 42.2 Å². The van der Waals surface area contributed by atoms with Crippen LogP contribution in [0.15, 0.2) is 35.1 Å². The summed E-state index contributed by atoms with van der Waals surface area (Å²) in [7, 11) is 5.09. The number of ether oxygens (including phenoxy) is 2. The fourth-order valence-corrected chi connectivity index (χ4v) is 3.27. The molecule has 2 aromatic carbocycles. The predicted molar refractivity (Wildman–Crippen MR) is 106 cm³/mol. The first-order valence-corrected chi connectivity index (χ1v) is 9.07. The van der Waals surface area contributed by atoms with E-state index >= 15 is 0 Å². The van der Waals surface area contributed by atoms with E-state index in [0.717, 1.165) is 10.5 Å². The fraction of sp³-hybridized carbons (Fsp3) is 0.263. The van der Waals surface area contributed by atoms with Crippen molar-refractivity contribution in [3.05, 3.63) is 62.1 Å². The van der Waals surface area contributed by atoms with E-state index in [4.69, 9.17) is 32.7 Å². The van der Waals surface area contributed by atoms with Gasteiger partial charge >= 0.3 is 0 Å². The molecule has 6 nitrogen and oxygen atoms in total. The molecule has 0 saturated carbocycles. The zero-order chi connectivity index (χ0) is 19.6. The van der Waals surface area contributed by atoms with Gasteiger partial charge in [-0.15, -0.1) is 0 Å². The van der Waals surface area contributed by atoms with Crippen LogP contribution < -0.4 is 19.9 Å². The van der Waals surface area contributed by atoms with Gasteiger partial charge in [-0.05, 0) is 18.2 Å². The summed E-state index contributed by atoms with van der Waals surface area (Å²) in [6.45, 7) is 1.25. The SMILES string of the molecule is COc1cc2nc(C[NH+](C)Cc3ccc(Cl)c(Cl)c3)[nH]c(=O)c2cc1OC. The number of benzene rings is 2. The molecule has 142 valence electrons. The lowest BCUT2D eigenvalue weighted by Crippen LogP contribution is -3.06. The minimum absolute atomic E-state index is 0.210. The number of hydrogen-bond donors (Lipinski definition) is 2. The summed E-state index contributed by atoms with van der Waals surface area (Å²) in [5.74, 6) is 1.62. The first kappa shape index (κ1) is 19.5. The Kier molecular flexibility index (Phi) is 5.89. The lowest BCUT2D eigenvalue weighted by atomic mass is 10.2. The molecule has 1 unspecified atom stereocenters. The molecule has 3 aromatic rings. The maximum atomic E-state index is 12.5. The number of nitrogens with zero attached hydrogens (tertiary/aromatic N) is 1. The van der Waals surface area contributed by atoms with Crippen LogP contribution in [0.5, 0.6) is 11.5 Å². The molecule has 1 aromatic heterocycles. The predicted octanol–water partition coefficient (Wildman–Crippen LogP) is 2.46. The molecule has 0 bridgehead atoms. The van der Waals surface area contributed by atoms with Crippen molar-refractivity contribution in [1.82, 2.24) is 9.97 Å². The van der Waals surface area contributed by atoms with Crippen molar-refractivity contribution in [2.75, 3.05) is 21.3 Å². The largest absolute Gasteiger partial charge is 0.493 e. The van der Waals surface area contributed by atoms with Crippen molar-refractivity contribution in [2.24, 2.45) is 0 Å². The standard InChI is InChI=1S/C19H19Cl2N3O3/c1-24(9-11-4-5-13(20)14(21)6-11)10-18-22-15-8-17(27-3)16(26-2)7-12(15)19(25)23-18/h4-8H,9-10H2,1-3H3,(H,22,23,25)/p+1. The summed E-state index contributed by atoms with van der Waals surface area (Å²) < 4.78 is 10.5. The number of fused-ring (bicyclic) bond motifs is 1. The average Bonchev–Trinajstić information content (AvgIpc) is 2.63. The summed E-state index contributed by atoms with van der Waals surface area (Å²) in [4.78, 5) is 21.0. The zero-order valence-corrected chi connectivity index (χ0v) is 16.7. The van der Waals surface area contributed by atoms with Crippen LogP contribution in [0.3, 0.4) is 0 Å². The molecule has 0 amide bonds. The highest BCUT2D eigenvalue weighted by Gasteiger charge is 2.14. The summed E-state index contributed by atoms with van der Waals surface area (Å²) >= 11 is 12.0. The number of aromatic nitrogens is 2. The zero-order valence-electron chi connectivity index (χ0n) is 15.2. The molecule has 0 fully saturated rings. The van der Waals surface area contributed by atoms with E-state index in [2.05, 4.69) is 9.97 Å². The molecule has 0 radical (unpaired) electrons. The van der Waals surface area contributed by atoms with Crippen molar-refractivity contribution in [2.45, 2.75) is 13.1 Å². The third-order valence-electron chi connectivity index (χ3n) is 4.22. The van der Waals surface area contributed by atoms with Gasteiger partial charge in [0.15, 0.2) is 17.3 Å². The van der Waals surface area contributed by atoms with Crippen LogP contribution in [0.1, 0.15) is 11.4 Å². The van der Waals surface area contributed by atoms with E-state index in [1.807, 2.05) is 19.2 Å². The van der Waals surface area contributed by atoms with Gasteiger partial charge in [0.25, 0.3) is 5.56 Å². The Hall–Kier alpha value is -2.28. The Morgan fingerprint density at radius 3 is 2.41 bits per heavy atom. The maximum absolute atomic E-state index is 12.5. The Morgan fingerprint density at radius 1 is 1.04 bits per heavy atom. The van der Waals surface area contributed by atoms with Gasteiger partial charge in [-0.2, -0.15) is 0 Å². The number of quaternary nitrogens is 1. The minimum atomic E-state index is -0.210. The molecular formula is C19H20Cl2N3O3+. The number of methoxy groups -OCH3 is 2. The highest BCUT2D eigenvalue weighted by Crippen LogP contribution is 2.29. The first-order chi connectivity index (χ1) is 12.9. The van der Waals surface area contributed by atoms with Crippen molar-refractivity contribution < 1.29 is 14.4 Å². The van der Waals surface area contributed by atoms with Gasteiger partial charge in [-0.25, -0.2) is 4.98 Å². The number of nitrogens with one attached hydrogen (secondary N) is 2. The van der Waals surface area contributed by atoms with Gasteiger partial charge in [-0.3, -0.25) is 4.79 Å². The minimum Gasteiger partial charge on any atom is -0.493 e. The van der Waals surface area contributed by atoms with Gasteiger partial charge < -0.3 is 19.4 Å². The third kappa shape index (κ3) is 4.35. The van der Waals surface area contributed by atoms with Gasteiger partial charge in [0.1, 0.15) is 13.1 Å². The lowest BCUT2D eigenvalue weighted by Gasteiger charge is -2.14. The molecule has 2 N–H and O–H groups in total. The second kappa shape index (κ2) is 8.17. The van der Waals surface area contributed by atoms with Gasteiger partial charge in [-0.1, -0.05) is 29.3 Å². The van der Waals surface area contributed by atoms with E-state index in [0.29, 0.717) is 51.4 Å². The first-order valence-electron chi connectivity index (χ1n) is 8.31. The molecule has 27 heavy (non-hydrogen) atoms. The van der Waals surface area contributed by atoms with Gasteiger partial charge in [0, 0.05) is 11.6 Å². The highest BCUT2D eigenvalue weighted by molar-refractivity contribution is 6.42. The summed E-state index contributed by atoms with van der Waals surface area (Å²) in [6.07, 6.45) is 0. The molecule has 3 rings (SSSR count). The Labute approximate surface area is 166 Å². The van der Waals surface area contributed by atoms with Crippen molar-refractivity contribution in [3.8, 4) is 11.5 Å². The van der Waals surface area contributed by atoms with Crippen LogP contribution in [-0.4, -0.2) is 31.2 Å². The van der Waals surface area contributed by atoms with Crippen LogP contribution >= 0.6 is 23.2 Å². The lowest BCUT2D eigenvalue weighted by molar-refractivity contribution is -0.908. The molecule has 0 aliphatic carbocycles. The number of aromatic amines is 1. The van der Waals surface area contributed by atoms with Crippen molar-refractivity contribution in [1.29, 1.82) is 0 Å². The summed E-state index contributed by atoms with van der Waals surface area (Å²) in [5, 5.41) is 1.52. The van der Waals surface area contributed by atoms with E-state index in [1.54, 1.807) is 25.3 Å². The Morgan fingerprint density at radius 2 is 1.74 bits per heavy atom.